The van der Waals surface area contributed by atoms with Crippen LogP contribution >= 0.6 is 11.8 Å². The van der Waals surface area contributed by atoms with Crippen LogP contribution in [-0.4, -0.2) is 42.8 Å². The molecule has 2 fully saturated rings. The summed E-state index contributed by atoms with van der Waals surface area (Å²) in [5.74, 6) is 0.472. The minimum atomic E-state index is -0.0361. The van der Waals surface area contributed by atoms with Crippen LogP contribution in [0.25, 0.3) is 0 Å². The molecular weight excluding hydrogens is 308 g/mol. The zero-order chi connectivity index (χ0) is 16.3. The van der Waals surface area contributed by atoms with E-state index in [1.807, 2.05) is 11.8 Å². The van der Waals surface area contributed by atoms with Crippen molar-refractivity contribution < 1.29 is 9.53 Å². The molecular formula is C18H26N2O2S. The standard InChI is InChI=1S/C18H26N2O2S/c1-13-5-3-4-6-14(13)15-11-16(15)20-17(21)19-12-18(23-2)7-9-22-10-8-18/h3-6,15-16H,7-12H2,1-2H3,(H2,19,20,21)/t15-,16-/m0/s1. The van der Waals surface area contributed by atoms with Crippen LogP contribution in [0.5, 0.6) is 0 Å². The number of thioether (sulfide) groups is 1. The highest BCUT2D eigenvalue weighted by atomic mass is 32.2. The lowest BCUT2D eigenvalue weighted by atomic mass is 9.99. The van der Waals surface area contributed by atoms with E-state index in [4.69, 9.17) is 4.74 Å². The zero-order valence-corrected chi connectivity index (χ0v) is 14.7. The second-order valence-corrected chi connectivity index (χ2v) is 7.91. The van der Waals surface area contributed by atoms with Crippen molar-refractivity contribution in [2.45, 2.75) is 42.9 Å². The summed E-state index contributed by atoms with van der Waals surface area (Å²) in [6.45, 7) is 4.44. The molecule has 0 bridgehead atoms. The van der Waals surface area contributed by atoms with Gasteiger partial charge < -0.3 is 15.4 Å². The van der Waals surface area contributed by atoms with Gasteiger partial charge in [0.2, 0.25) is 0 Å². The highest BCUT2D eigenvalue weighted by Gasteiger charge is 2.40. The van der Waals surface area contributed by atoms with Gasteiger partial charge in [0.05, 0.1) is 0 Å². The van der Waals surface area contributed by atoms with Crippen molar-refractivity contribution in [1.82, 2.24) is 10.6 Å². The van der Waals surface area contributed by atoms with Crippen molar-refractivity contribution in [3.05, 3.63) is 35.4 Å². The van der Waals surface area contributed by atoms with Crippen LogP contribution in [0.2, 0.25) is 0 Å². The summed E-state index contributed by atoms with van der Waals surface area (Å²) in [5, 5.41) is 6.20. The molecule has 2 amide bonds. The second-order valence-electron chi connectivity index (χ2n) is 6.63. The van der Waals surface area contributed by atoms with Gasteiger partial charge in [0.1, 0.15) is 0 Å². The molecule has 3 rings (SSSR count). The van der Waals surface area contributed by atoms with Crippen molar-refractivity contribution in [3.8, 4) is 0 Å². The summed E-state index contributed by atoms with van der Waals surface area (Å²) >= 11 is 1.85. The maximum atomic E-state index is 12.2. The Hall–Kier alpha value is -1.20. The minimum absolute atomic E-state index is 0.0361. The highest BCUT2D eigenvalue weighted by molar-refractivity contribution is 8.00. The predicted molar refractivity (Wildman–Crippen MR) is 95.2 cm³/mol. The van der Waals surface area contributed by atoms with Crippen LogP contribution in [0.3, 0.4) is 0 Å². The van der Waals surface area contributed by atoms with Crippen molar-refractivity contribution >= 4 is 17.8 Å². The average molecular weight is 334 g/mol. The van der Waals surface area contributed by atoms with Crippen LogP contribution in [0.4, 0.5) is 4.79 Å². The first-order valence-electron chi connectivity index (χ1n) is 8.36. The first kappa shape index (κ1) is 16.7. The van der Waals surface area contributed by atoms with Gasteiger partial charge in [0, 0.05) is 36.5 Å². The number of ether oxygens (including phenoxy) is 1. The van der Waals surface area contributed by atoms with E-state index in [0.29, 0.717) is 12.5 Å². The molecule has 5 heteroatoms. The number of aryl methyl sites for hydroxylation is 1. The molecule has 1 saturated heterocycles. The Morgan fingerprint density at radius 3 is 2.78 bits per heavy atom. The fraction of sp³-hybridized carbons (Fsp3) is 0.611. The fourth-order valence-corrected chi connectivity index (χ4v) is 4.15. The summed E-state index contributed by atoms with van der Waals surface area (Å²) in [4.78, 5) is 12.2. The number of hydrogen-bond acceptors (Lipinski definition) is 3. The zero-order valence-electron chi connectivity index (χ0n) is 13.9. The largest absolute Gasteiger partial charge is 0.381 e. The van der Waals surface area contributed by atoms with Crippen molar-refractivity contribution in [1.29, 1.82) is 0 Å². The number of nitrogens with one attached hydrogen (secondary N) is 2. The number of hydrogen-bond donors (Lipinski definition) is 2. The molecule has 23 heavy (non-hydrogen) atoms. The van der Waals surface area contributed by atoms with Gasteiger partial charge in [-0.25, -0.2) is 4.79 Å². The molecule has 2 N–H and O–H groups in total. The van der Waals surface area contributed by atoms with Crippen LogP contribution in [0.1, 0.15) is 36.3 Å². The molecule has 1 heterocycles. The molecule has 0 unspecified atom stereocenters. The smallest absolute Gasteiger partial charge is 0.315 e. The Morgan fingerprint density at radius 1 is 1.35 bits per heavy atom. The quantitative estimate of drug-likeness (QED) is 0.870. The third kappa shape index (κ3) is 4.01. The lowest BCUT2D eigenvalue weighted by Gasteiger charge is -2.35. The minimum Gasteiger partial charge on any atom is -0.381 e. The van der Waals surface area contributed by atoms with Crippen molar-refractivity contribution in [3.63, 3.8) is 0 Å². The molecule has 2 aliphatic rings. The topological polar surface area (TPSA) is 50.4 Å². The molecule has 1 aromatic carbocycles. The highest BCUT2D eigenvalue weighted by Crippen LogP contribution is 2.42. The molecule has 1 aliphatic carbocycles. The molecule has 0 radical (unpaired) electrons. The maximum absolute atomic E-state index is 12.2. The van der Waals surface area contributed by atoms with Crippen LogP contribution in [0, 0.1) is 6.92 Å². The Kier molecular flexibility index (Phi) is 5.17. The molecule has 4 nitrogen and oxygen atoms in total. The Labute approximate surface area is 142 Å². The summed E-state index contributed by atoms with van der Waals surface area (Å²) in [6, 6.07) is 8.68. The number of carbonyl (C=O) groups excluding carboxylic acids is 1. The third-order valence-corrected chi connectivity index (χ3v) is 6.52. The van der Waals surface area contributed by atoms with E-state index in [0.717, 1.165) is 32.5 Å². The van der Waals surface area contributed by atoms with E-state index in [1.54, 1.807) is 0 Å². The summed E-state index contributed by atoms with van der Waals surface area (Å²) in [6.07, 6.45) is 5.17. The van der Waals surface area contributed by atoms with E-state index >= 15 is 0 Å². The van der Waals surface area contributed by atoms with E-state index in [9.17, 15) is 4.79 Å². The van der Waals surface area contributed by atoms with Crippen molar-refractivity contribution in [2.24, 2.45) is 0 Å². The Bertz CT molecular complexity index is 558. The normalized spacial score (nSPS) is 25.7. The van der Waals surface area contributed by atoms with Gasteiger partial charge in [-0.15, -0.1) is 0 Å². The molecule has 0 spiro atoms. The number of urea groups is 1. The number of carbonyl (C=O) groups is 1. The van der Waals surface area contributed by atoms with Gasteiger partial charge >= 0.3 is 6.03 Å². The maximum Gasteiger partial charge on any atom is 0.315 e. The van der Waals surface area contributed by atoms with Crippen LogP contribution < -0.4 is 10.6 Å². The molecule has 1 aliphatic heterocycles. The third-order valence-electron chi connectivity index (χ3n) is 5.10. The first-order valence-corrected chi connectivity index (χ1v) is 9.59. The van der Waals surface area contributed by atoms with E-state index < -0.39 is 0 Å². The number of benzene rings is 1. The van der Waals surface area contributed by atoms with Crippen molar-refractivity contribution in [2.75, 3.05) is 26.0 Å². The fourth-order valence-electron chi connectivity index (χ4n) is 3.36. The molecule has 126 valence electrons. The first-order chi connectivity index (χ1) is 11.1. The van der Waals surface area contributed by atoms with Crippen LogP contribution in [0.15, 0.2) is 24.3 Å². The summed E-state index contributed by atoms with van der Waals surface area (Å²) in [5.41, 5.74) is 2.67. The lowest BCUT2D eigenvalue weighted by molar-refractivity contribution is 0.0777. The van der Waals surface area contributed by atoms with Gasteiger partial charge in [-0.2, -0.15) is 11.8 Å². The number of rotatable bonds is 5. The summed E-state index contributed by atoms with van der Waals surface area (Å²) < 4.78 is 5.57. The Balaban J connectivity index is 1.46. The van der Waals surface area contributed by atoms with Gasteiger partial charge in [0.25, 0.3) is 0 Å². The van der Waals surface area contributed by atoms with Crippen LogP contribution in [-0.2, 0) is 4.74 Å². The van der Waals surface area contributed by atoms with Gasteiger partial charge in [-0.05, 0) is 43.6 Å². The monoisotopic (exact) mass is 334 g/mol. The van der Waals surface area contributed by atoms with Gasteiger partial charge in [-0.1, -0.05) is 24.3 Å². The summed E-state index contributed by atoms with van der Waals surface area (Å²) in [7, 11) is 0. The molecule has 1 aromatic rings. The lowest BCUT2D eigenvalue weighted by Crippen LogP contribution is -2.47. The average Bonchev–Trinajstić information content (AvgIpc) is 3.33. The Morgan fingerprint density at radius 2 is 2.09 bits per heavy atom. The van der Waals surface area contributed by atoms with Gasteiger partial charge in [0.15, 0.2) is 0 Å². The molecule has 0 aromatic heterocycles. The molecule has 2 atom stereocenters. The van der Waals surface area contributed by atoms with E-state index in [-0.39, 0.29) is 16.8 Å². The SMILES string of the molecule is CSC1(CNC(=O)N[C@H]2C[C@H]2c2ccccc2C)CCOCC1. The van der Waals surface area contributed by atoms with E-state index in [2.05, 4.69) is 48.1 Å². The number of amides is 2. The van der Waals surface area contributed by atoms with E-state index in [1.165, 1.54) is 11.1 Å². The predicted octanol–water partition coefficient (Wildman–Crippen LogP) is 3.06. The second kappa shape index (κ2) is 7.14. The van der Waals surface area contributed by atoms with Gasteiger partial charge in [-0.3, -0.25) is 0 Å². The molecule has 1 saturated carbocycles.